The molecule has 0 aliphatic carbocycles. The van der Waals surface area contributed by atoms with Crippen LogP contribution in [0.3, 0.4) is 0 Å². The maximum atomic E-state index is 2.66. The predicted molar refractivity (Wildman–Crippen MR) is 180 cm³/mol. The summed E-state index contributed by atoms with van der Waals surface area (Å²) < 4.78 is 2.52. The monoisotopic (exact) mass is 552 g/mol. The molecule has 0 saturated heterocycles. The van der Waals surface area contributed by atoms with Gasteiger partial charge in [-0.1, -0.05) is 138 Å². The fourth-order valence-corrected chi connectivity index (χ4v) is 6.51. The van der Waals surface area contributed by atoms with E-state index in [1.54, 1.807) is 0 Å². The highest BCUT2D eigenvalue weighted by atomic mass is 15.2. The number of allylic oxidation sites excluding steroid dienone is 3. The zero-order chi connectivity index (χ0) is 29.4. The Bertz CT molecular complexity index is 1670. The molecule has 0 radical (unpaired) electrons. The van der Waals surface area contributed by atoms with Gasteiger partial charge in [0.05, 0.1) is 11.7 Å². The van der Waals surface area contributed by atoms with Gasteiger partial charge in [-0.3, -0.25) is 0 Å². The fraction of sp³-hybridized carbons (Fsp3) is 0.300. The van der Waals surface area contributed by atoms with Crippen LogP contribution in [0.1, 0.15) is 77.1 Å². The van der Waals surface area contributed by atoms with Crippen molar-refractivity contribution in [2.75, 3.05) is 6.54 Å². The van der Waals surface area contributed by atoms with Crippen LogP contribution in [0, 0.1) is 5.92 Å². The van der Waals surface area contributed by atoms with Gasteiger partial charge in [-0.15, -0.1) is 0 Å². The van der Waals surface area contributed by atoms with Crippen LogP contribution in [0.25, 0.3) is 33.8 Å². The van der Waals surface area contributed by atoms with Gasteiger partial charge < -0.3 is 9.47 Å². The van der Waals surface area contributed by atoms with Crippen LogP contribution in [-0.2, 0) is 5.41 Å². The van der Waals surface area contributed by atoms with Crippen LogP contribution < -0.4 is 0 Å². The van der Waals surface area contributed by atoms with Crippen molar-refractivity contribution >= 4 is 11.4 Å². The Kier molecular flexibility index (Phi) is 7.58. The van der Waals surface area contributed by atoms with Crippen LogP contribution in [-0.4, -0.2) is 16.0 Å². The van der Waals surface area contributed by atoms with Gasteiger partial charge in [-0.05, 0) is 63.8 Å². The van der Waals surface area contributed by atoms with Gasteiger partial charge in [0.2, 0.25) is 0 Å². The van der Waals surface area contributed by atoms with Crippen LogP contribution >= 0.6 is 0 Å². The number of fused-ring (bicyclic) bond motifs is 3. The second kappa shape index (κ2) is 11.3. The first-order valence-electron chi connectivity index (χ1n) is 15.6. The average Bonchev–Trinajstić information content (AvgIpc) is 3.57. The molecule has 0 fully saturated rings. The van der Waals surface area contributed by atoms with Gasteiger partial charge in [0.1, 0.15) is 0 Å². The quantitative estimate of drug-likeness (QED) is 0.221. The zero-order valence-electron chi connectivity index (χ0n) is 26.1. The Morgan fingerprint density at radius 2 is 1.57 bits per heavy atom. The number of hydrogen-bond donors (Lipinski definition) is 0. The largest absolute Gasteiger partial charge is 0.354 e. The van der Waals surface area contributed by atoms with E-state index in [0.717, 1.165) is 13.0 Å². The van der Waals surface area contributed by atoms with Gasteiger partial charge in [-0.2, -0.15) is 0 Å². The molecule has 1 aromatic heterocycles. The molecule has 4 aromatic rings. The van der Waals surface area contributed by atoms with Gasteiger partial charge >= 0.3 is 0 Å². The van der Waals surface area contributed by atoms with Crippen molar-refractivity contribution in [3.05, 3.63) is 132 Å². The summed E-state index contributed by atoms with van der Waals surface area (Å²) in [7, 11) is 0. The first-order valence-corrected chi connectivity index (χ1v) is 15.6. The zero-order valence-corrected chi connectivity index (χ0v) is 26.1. The van der Waals surface area contributed by atoms with E-state index < -0.39 is 0 Å². The molecule has 214 valence electrons. The lowest BCUT2D eigenvalue weighted by molar-refractivity contribution is 0.385. The number of hydrogen-bond acceptors (Lipinski definition) is 1. The van der Waals surface area contributed by atoms with Crippen molar-refractivity contribution < 1.29 is 0 Å². The lowest BCUT2D eigenvalue weighted by Gasteiger charge is -2.34. The fourth-order valence-electron chi connectivity index (χ4n) is 6.51. The average molecular weight is 553 g/mol. The van der Waals surface area contributed by atoms with Gasteiger partial charge in [0.25, 0.3) is 0 Å². The molecular formula is C40H44N2. The lowest BCUT2D eigenvalue weighted by atomic mass is 9.89. The first kappa shape index (κ1) is 28.1. The summed E-state index contributed by atoms with van der Waals surface area (Å²) >= 11 is 0. The Balaban J connectivity index is 1.55. The van der Waals surface area contributed by atoms with Crippen molar-refractivity contribution in [2.45, 2.75) is 65.8 Å². The SMILES string of the molecule is CCCC1=CC=C2c3ccccc3[C@H](/C(=C/C(C)C)n3cc(C(C)(C)C)cc3-c3cccc(-c4ccccc4)c3)N2C1. The van der Waals surface area contributed by atoms with Crippen molar-refractivity contribution in [1.29, 1.82) is 0 Å². The van der Waals surface area contributed by atoms with E-state index in [1.165, 1.54) is 62.5 Å². The highest BCUT2D eigenvalue weighted by molar-refractivity contribution is 5.82. The third-order valence-electron chi connectivity index (χ3n) is 8.59. The molecule has 0 bridgehead atoms. The third kappa shape index (κ3) is 5.31. The molecule has 2 heteroatoms. The molecule has 0 amide bonds. The first-order chi connectivity index (χ1) is 20.2. The highest BCUT2D eigenvalue weighted by Crippen LogP contribution is 2.50. The van der Waals surface area contributed by atoms with E-state index in [2.05, 4.69) is 160 Å². The summed E-state index contributed by atoms with van der Waals surface area (Å²) in [5.41, 5.74) is 13.3. The summed E-state index contributed by atoms with van der Waals surface area (Å²) in [6.45, 7) is 14.8. The van der Waals surface area contributed by atoms with Gasteiger partial charge in [0, 0.05) is 29.7 Å². The third-order valence-corrected chi connectivity index (χ3v) is 8.59. The van der Waals surface area contributed by atoms with E-state index in [-0.39, 0.29) is 11.5 Å². The number of rotatable bonds is 7. The minimum Gasteiger partial charge on any atom is -0.354 e. The molecule has 2 aliphatic heterocycles. The maximum absolute atomic E-state index is 2.66. The lowest BCUT2D eigenvalue weighted by Crippen LogP contribution is -2.28. The van der Waals surface area contributed by atoms with Crippen LogP contribution in [0.4, 0.5) is 0 Å². The van der Waals surface area contributed by atoms with Crippen LogP contribution in [0.2, 0.25) is 0 Å². The van der Waals surface area contributed by atoms with Crippen molar-refractivity contribution in [2.24, 2.45) is 5.92 Å². The Morgan fingerprint density at radius 3 is 2.31 bits per heavy atom. The summed E-state index contributed by atoms with van der Waals surface area (Å²) in [5, 5.41) is 0. The standard InChI is InChI=1S/C40H44N2/c1-7-14-29-21-22-36-34-19-11-12-20-35(34)39(42(36)26-29)38(23-28(2)3)41-27-33(40(4,5)6)25-37(41)32-18-13-17-31(24-32)30-15-9-8-10-16-30/h8-13,15-25,27-28,39H,7,14,26H2,1-6H3/b38-23-/t39-/m1/s1. The Morgan fingerprint density at radius 1 is 0.857 bits per heavy atom. The summed E-state index contributed by atoms with van der Waals surface area (Å²) in [5.74, 6) is 0.402. The number of aromatic nitrogens is 1. The molecule has 2 aliphatic rings. The molecule has 2 nitrogen and oxygen atoms in total. The number of benzene rings is 3. The molecule has 0 spiro atoms. The van der Waals surface area contributed by atoms with Gasteiger partial charge in [-0.25, -0.2) is 0 Å². The van der Waals surface area contributed by atoms with Crippen molar-refractivity contribution in [1.82, 2.24) is 9.47 Å². The Labute approximate surface area is 252 Å². The molecule has 3 aromatic carbocycles. The summed E-state index contributed by atoms with van der Waals surface area (Å²) in [6.07, 6.45) is 12.0. The minimum atomic E-state index is 0.0286. The Hall–Kier alpha value is -4.04. The topological polar surface area (TPSA) is 8.17 Å². The molecule has 1 atom stereocenters. The van der Waals surface area contributed by atoms with E-state index >= 15 is 0 Å². The molecule has 0 saturated carbocycles. The molecule has 0 unspecified atom stereocenters. The summed E-state index contributed by atoms with van der Waals surface area (Å²) in [4.78, 5) is 2.66. The van der Waals surface area contributed by atoms with Gasteiger partial charge in [0.15, 0.2) is 0 Å². The molecule has 42 heavy (non-hydrogen) atoms. The minimum absolute atomic E-state index is 0.0286. The normalized spacial score (nSPS) is 16.8. The van der Waals surface area contributed by atoms with E-state index in [0.29, 0.717) is 5.92 Å². The van der Waals surface area contributed by atoms with Crippen molar-refractivity contribution in [3.8, 4) is 22.4 Å². The van der Waals surface area contributed by atoms with Crippen LogP contribution in [0.5, 0.6) is 0 Å². The number of nitrogens with zero attached hydrogens (tertiary/aromatic N) is 2. The molecular weight excluding hydrogens is 508 g/mol. The highest BCUT2D eigenvalue weighted by Gasteiger charge is 2.38. The molecule has 0 N–H and O–H groups in total. The van der Waals surface area contributed by atoms with E-state index in [4.69, 9.17) is 0 Å². The maximum Gasteiger partial charge on any atom is 0.0957 e. The smallest absolute Gasteiger partial charge is 0.0957 e. The molecule has 3 heterocycles. The second-order valence-electron chi connectivity index (χ2n) is 13.3. The van der Waals surface area contributed by atoms with E-state index in [1.807, 2.05) is 0 Å². The summed E-state index contributed by atoms with van der Waals surface area (Å²) in [6, 6.07) is 31.4. The van der Waals surface area contributed by atoms with E-state index in [9.17, 15) is 0 Å². The van der Waals surface area contributed by atoms with Crippen LogP contribution in [0.15, 0.2) is 115 Å². The molecule has 6 rings (SSSR count). The predicted octanol–water partition coefficient (Wildman–Crippen LogP) is 10.8. The van der Waals surface area contributed by atoms with Crippen molar-refractivity contribution in [3.63, 3.8) is 0 Å². The second-order valence-corrected chi connectivity index (χ2v) is 13.3.